The predicted molar refractivity (Wildman–Crippen MR) is 242 cm³/mol. The Labute approximate surface area is 381 Å². The number of aromatic nitrogens is 4. The molecule has 63 heavy (non-hydrogen) atoms. The molecule has 0 saturated heterocycles. The third kappa shape index (κ3) is 10.1. The van der Waals surface area contributed by atoms with Crippen LogP contribution in [0.15, 0.2) is 156 Å². The molecule has 8 aromatic rings. The fourth-order valence-electron chi connectivity index (χ4n) is 6.33. The molecule has 4 N–H and O–H groups in total. The van der Waals surface area contributed by atoms with Crippen molar-refractivity contribution < 1.29 is 46.8 Å². The van der Waals surface area contributed by atoms with Crippen molar-refractivity contribution in [1.29, 1.82) is 0 Å². The zero-order chi connectivity index (χ0) is 43.9. The van der Waals surface area contributed by atoms with Crippen molar-refractivity contribution in [3.63, 3.8) is 0 Å². The number of hydrogen-bond donors (Lipinski definition) is 4. The van der Waals surface area contributed by atoms with Crippen molar-refractivity contribution in [3.05, 3.63) is 189 Å². The van der Waals surface area contributed by atoms with E-state index in [4.69, 9.17) is 23.2 Å². The quantitative estimate of drug-likeness (QED) is 0.0980. The molecule has 0 unspecified atom stereocenters. The molecule has 0 aliphatic rings. The molecule has 12 nitrogen and oxygen atoms in total. The van der Waals surface area contributed by atoms with Crippen molar-refractivity contribution >= 4 is 58.9 Å². The molecular formula is C48H36Cl2CoN6O6. The van der Waals surface area contributed by atoms with Gasteiger partial charge in [0, 0.05) is 40.3 Å². The van der Waals surface area contributed by atoms with E-state index in [-0.39, 0.29) is 61.1 Å². The summed E-state index contributed by atoms with van der Waals surface area (Å²) in [6, 6.07) is 42.9. The number of nitrogens with zero attached hydrogens (tertiary/aromatic N) is 6. The molecule has 1 radical (unpaired) electrons. The second-order valence-electron chi connectivity index (χ2n) is 13.8. The van der Waals surface area contributed by atoms with Crippen LogP contribution in [0.1, 0.15) is 43.0 Å². The minimum absolute atomic E-state index is 0. The number of halogens is 2. The van der Waals surface area contributed by atoms with Gasteiger partial charge in [-0.3, -0.25) is 9.98 Å². The summed E-state index contributed by atoms with van der Waals surface area (Å²) in [5.41, 5.74) is 6.96. The Morgan fingerprint density at radius 2 is 0.873 bits per heavy atom. The average molecular weight is 923 g/mol. The number of benzene rings is 6. The summed E-state index contributed by atoms with van der Waals surface area (Å²) in [4.78, 5) is 31.7. The zero-order valence-corrected chi connectivity index (χ0v) is 35.9. The Kier molecular flexibility index (Phi) is 14.4. The average Bonchev–Trinajstić information content (AvgIpc) is 3.79. The SMILES string of the molecule is Cc1ccc(-n2nc(-c3ccccc3)c(C=Nc3c(Cl)cccc3C(=O)O)c2O)cc1.Cc1ccc(-n2nc(-c3ccccc3)c(C=Nc3c(Cl)cccc3C(=O)O)c2O)cc1.[Co]. The number of carbonyl (C=O) groups is 2. The number of para-hydroxylation sites is 2. The third-order valence-corrected chi connectivity index (χ3v) is 10.1. The largest absolute Gasteiger partial charge is 0.493 e. The first-order chi connectivity index (χ1) is 29.9. The molecule has 0 spiro atoms. The topological polar surface area (TPSA) is 175 Å². The van der Waals surface area contributed by atoms with Crippen LogP contribution in [-0.4, -0.2) is 64.4 Å². The summed E-state index contributed by atoms with van der Waals surface area (Å²) >= 11 is 12.4. The van der Waals surface area contributed by atoms with Gasteiger partial charge in [-0.25, -0.2) is 19.0 Å². The van der Waals surface area contributed by atoms with Crippen molar-refractivity contribution in [2.24, 2.45) is 9.98 Å². The van der Waals surface area contributed by atoms with E-state index in [1.807, 2.05) is 123 Å². The van der Waals surface area contributed by atoms with E-state index >= 15 is 0 Å². The van der Waals surface area contributed by atoms with Gasteiger partial charge in [0.15, 0.2) is 0 Å². The van der Waals surface area contributed by atoms with Crippen LogP contribution in [0, 0.1) is 13.8 Å². The van der Waals surface area contributed by atoms with Gasteiger partial charge >= 0.3 is 11.9 Å². The standard InChI is InChI=1S/2C24H18ClN3O3.Co/c2*1-15-10-12-17(13-11-15)28-23(29)19(21(27-28)16-6-3-2-4-7-16)14-26-22-18(24(30)31)8-5-9-20(22)25;/h2*2-14,29H,1H3,(H,30,31);. The summed E-state index contributed by atoms with van der Waals surface area (Å²) in [5, 5.41) is 50.5. The van der Waals surface area contributed by atoms with Crippen LogP contribution >= 0.6 is 23.2 Å². The molecule has 0 fully saturated rings. The molecule has 0 amide bonds. The Bertz CT molecular complexity index is 2770. The predicted octanol–water partition coefficient (Wildman–Crippen LogP) is 11.3. The van der Waals surface area contributed by atoms with Gasteiger partial charge in [-0.1, -0.05) is 131 Å². The molecule has 2 aromatic heterocycles. The van der Waals surface area contributed by atoms with E-state index < -0.39 is 11.9 Å². The van der Waals surface area contributed by atoms with Crippen molar-refractivity contribution in [2.75, 3.05) is 0 Å². The van der Waals surface area contributed by atoms with Crippen molar-refractivity contribution in [3.8, 4) is 45.6 Å². The number of rotatable bonds is 10. The molecule has 317 valence electrons. The zero-order valence-electron chi connectivity index (χ0n) is 33.4. The Balaban J connectivity index is 0.000000206. The van der Waals surface area contributed by atoms with Gasteiger partial charge in [-0.05, 0) is 62.4 Å². The third-order valence-electron chi connectivity index (χ3n) is 9.52. The summed E-state index contributed by atoms with van der Waals surface area (Å²) < 4.78 is 2.85. The Morgan fingerprint density at radius 3 is 1.21 bits per heavy atom. The van der Waals surface area contributed by atoms with E-state index in [2.05, 4.69) is 20.2 Å². The van der Waals surface area contributed by atoms with Gasteiger partial charge in [0.25, 0.3) is 0 Å². The summed E-state index contributed by atoms with van der Waals surface area (Å²) in [7, 11) is 0. The van der Waals surface area contributed by atoms with E-state index in [1.54, 1.807) is 24.3 Å². The maximum Gasteiger partial charge on any atom is 0.337 e. The van der Waals surface area contributed by atoms with E-state index in [9.17, 15) is 30.0 Å². The number of aliphatic imine (C=N–C) groups is 2. The normalized spacial score (nSPS) is 11.0. The number of carboxylic acid groups (broad SMARTS) is 2. The second kappa shape index (κ2) is 20.1. The first-order valence-electron chi connectivity index (χ1n) is 18.9. The second-order valence-corrected chi connectivity index (χ2v) is 14.6. The fraction of sp³-hybridized carbons (Fsp3) is 0.0417. The monoisotopic (exact) mass is 921 g/mol. The maximum absolute atomic E-state index is 11.6. The molecule has 6 aromatic carbocycles. The van der Waals surface area contributed by atoms with Gasteiger partial charge in [-0.2, -0.15) is 10.2 Å². The summed E-state index contributed by atoms with van der Waals surface area (Å²) in [5.74, 6) is -2.51. The fourth-order valence-corrected chi connectivity index (χ4v) is 6.77. The smallest absolute Gasteiger partial charge is 0.337 e. The van der Waals surface area contributed by atoms with E-state index in [0.29, 0.717) is 33.9 Å². The van der Waals surface area contributed by atoms with Crippen LogP contribution in [0.5, 0.6) is 11.8 Å². The minimum atomic E-state index is -1.14. The number of carboxylic acids is 2. The van der Waals surface area contributed by atoms with Crippen molar-refractivity contribution in [1.82, 2.24) is 19.6 Å². The Hall–Kier alpha value is -7.29. The number of aromatic hydroxyl groups is 2. The molecular weight excluding hydrogens is 886 g/mol. The van der Waals surface area contributed by atoms with Crippen LogP contribution in [0.4, 0.5) is 11.4 Å². The van der Waals surface area contributed by atoms with Crippen LogP contribution in [-0.2, 0) is 16.8 Å². The van der Waals surface area contributed by atoms with Crippen LogP contribution in [0.25, 0.3) is 33.9 Å². The molecule has 0 bridgehead atoms. The minimum Gasteiger partial charge on any atom is -0.493 e. The van der Waals surface area contributed by atoms with Crippen molar-refractivity contribution in [2.45, 2.75) is 13.8 Å². The molecule has 0 atom stereocenters. The molecule has 0 aliphatic carbocycles. The van der Waals surface area contributed by atoms with E-state index in [1.165, 1.54) is 33.9 Å². The maximum atomic E-state index is 11.6. The van der Waals surface area contributed by atoms with Gasteiger partial charge in [0.1, 0.15) is 11.4 Å². The van der Waals surface area contributed by atoms with Gasteiger partial charge in [0.05, 0.1) is 55.0 Å². The number of aryl methyl sites for hydroxylation is 2. The van der Waals surface area contributed by atoms with Gasteiger partial charge in [-0.15, -0.1) is 0 Å². The first-order valence-corrected chi connectivity index (χ1v) is 19.7. The Morgan fingerprint density at radius 1 is 0.524 bits per heavy atom. The molecule has 0 aliphatic heterocycles. The van der Waals surface area contributed by atoms with Crippen LogP contribution < -0.4 is 0 Å². The van der Waals surface area contributed by atoms with E-state index in [0.717, 1.165) is 22.3 Å². The summed E-state index contributed by atoms with van der Waals surface area (Å²) in [6.45, 7) is 3.95. The van der Waals surface area contributed by atoms with Gasteiger partial charge in [0.2, 0.25) is 11.8 Å². The molecule has 8 rings (SSSR count). The molecule has 15 heteroatoms. The first kappa shape index (κ1) is 45.2. The molecule has 2 heterocycles. The van der Waals surface area contributed by atoms with Crippen LogP contribution in [0.2, 0.25) is 10.0 Å². The number of hydrogen-bond acceptors (Lipinski definition) is 8. The summed E-state index contributed by atoms with van der Waals surface area (Å²) in [6.07, 6.45) is 2.78. The van der Waals surface area contributed by atoms with Gasteiger partial charge < -0.3 is 20.4 Å². The van der Waals surface area contributed by atoms with Crippen LogP contribution in [0.3, 0.4) is 0 Å². The molecule has 0 saturated carbocycles. The number of aromatic carboxylic acids is 2.